The summed E-state index contributed by atoms with van der Waals surface area (Å²) in [5.41, 5.74) is -0.204. The van der Waals surface area contributed by atoms with Gasteiger partial charge in [-0.2, -0.15) is 0 Å². The van der Waals surface area contributed by atoms with E-state index in [-0.39, 0.29) is 5.69 Å². The molecule has 1 fully saturated rings. The van der Waals surface area contributed by atoms with Crippen molar-refractivity contribution >= 4 is 11.6 Å². The minimum Gasteiger partial charge on any atom is -0.323 e. The zero-order valence-corrected chi connectivity index (χ0v) is 11.0. The molecule has 2 aromatic rings. The molecule has 1 amide bonds. The predicted octanol–water partition coefficient (Wildman–Crippen LogP) is 3.77. The molecule has 1 aliphatic rings. The van der Waals surface area contributed by atoms with Crippen molar-refractivity contribution in [3.63, 3.8) is 0 Å². The molecule has 2 aromatic carbocycles. The molecular weight excluding hydrogens is 279 g/mol. The van der Waals surface area contributed by atoms with E-state index >= 15 is 0 Å². The molecule has 0 unspecified atom stereocenters. The normalized spacial score (nSPS) is 15.6. The van der Waals surface area contributed by atoms with Gasteiger partial charge >= 0.3 is 0 Å². The Balaban J connectivity index is 1.87. The number of rotatable bonds is 3. The van der Waals surface area contributed by atoms with Crippen LogP contribution in [0, 0.1) is 17.5 Å². The van der Waals surface area contributed by atoms with E-state index in [2.05, 4.69) is 5.32 Å². The van der Waals surface area contributed by atoms with Gasteiger partial charge in [0, 0.05) is 0 Å². The van der Waals surface area contributed by atoms with Crippen molar-refractivity contribution in [1.29, 1.82) is 0 Å². The van der Waals surface area contributed by atoms with Crippen LogP contribution in [0.2, 0.25) is 0 Å². The van der Waals surface area contributed by atoms with Crippen molar-refractivity contribution < 1.29 is 18.0 Å². The third kappa shape index (κ3) is 2.28. The van der Waals surface area contributed by atoms with Gasteiger partial charge < -0.3 is 5.32 Å². The second-order valence-corrected chi connectivity index (χ2v) is 5.13. The van der Waals surface area contributed by atoms with Gasteiger partial charge in [-0.1, -0.05) is 30.3 Å². The molecule has 0 spiro atoms. The number of benzene rings is 2. The Kier molecular flexibility index (Phi) is 3.20. The Morgan fingerprint density at radius 3 is 2.24 bits per heavy atom. The SMILES string of the molecule is O=C(Nc1ccc(F)c(F)c1F)C1(c2ccccc2)CC1. The Hall–Kier alpha value is -2.30. The van der Waals surface area contributed by atoms with E-state index in [0.29, 0.717) is 12.8 Å². The van der Waals surface area contributed by atoms with E-state index in [9.17, 15) is 18.0 Å². The van der Waals surface area contributed by atoms with Gasteiger partial charge in [0.25, 0.3) is 0 Å². The maximum atomic E-state index is 13.6. The van der Waals surface area contributed by atoms with Crippen molar-refractivity contribution in [1.82, 2.24) is 0 Å². The van der Waals surface area contributed by atoms with E-state index in [0.717, 1.165) is 17.7 Å². The number of anilines is 1. The molecule has 0 aromatic heterocycles. The van der Waals surface area contributed by atoms with Crippen LogP contribution in [-0.4, -0.2) is 5.91 Å². The molecule has 1 aliphatic carbocycles. The average Bonchev–Trinajstić information content (AvgIpc) is 3.30. The fourth-order valence-corrected chi connectivity index (χ4v) is 2.39. The molecule has 0 aliphatic heterocycles. The molecule has 3 rings (SSSR count). The summed E-state index contributed by atoms with van der Waals surface area (Å²) >= 11 is 0. The van der Waals surface area contributed by atoms with Gasteiger partial charge in [0.1, 0.15) is 0 Å². The van der Waals surface area contributed by atoms with E-state index < -0.39 is 28.8 Å². The summed E-state index contributed by atoms with van der Waals surface area (Å²) in [6, 6.07) is 10.9. The molecule has 0 heterocycles. The highest BCUT2D eigenvalue weighted by Crippen LogP contribution is 2.49. The number of hydrogen-bond acceptors (Lipinski definition) is 1. The van der Waals surface area contributed by atoms with Crippen molar-refractivity contribution in [2.24, 2.45) is 0 Å². The Bertz CT molecular complexity index is 696. The van der Waals surface area contributed by atoms with E-state index in [4.69, 9.17) is 0 Å². The second kappa shape index (κ2) is 4.91. The molecule has 1 saturated carbocycles. The lowest BCUT2D eigenvalue weighted by molar-refractivity contribution is -0.118. The summed E-state index contributed by atoms with van der Waals surface area (Å²) in [5.74, 6) is -4.65. The molecule has 2 nitrogen and oxygen atoms in total. The van der Waals surface area contributed by atoms with Crippen LogP contribution in [0.15, 0.2) is 42.5 Å². The lowest BCUT2D eigenvalue weighted by atomic mass is 9.95. The van der Waals surface area contributed by atoms with Gasteiger partial charge in [-0.25, -0.2) is 13.2 Å². The van der Waals surface area contributed by atoms with Gasteiger partial charge in [-0.15, -0.1) is 0 Å². The van der Waals surface area contributed by atoms with Crippen LogP contribution in [0.25, 0.3) is 0 Å². The standard InChI is InChI=1S/C16H12F3NO/c17-11-6-7-12(14(19)13(11)18)20-15(21)16(8-9-16)10-4-2-1-3-5-10/h1-7H,8-9H2,(H,20,21). The topological polar surface area (TPSA) is 29.1 Å². The van der Waals surface area contributed by atoms with Crippen LogP contribution in [0.1, 0.15) is 18.4 Å². The van der Waals surface area contributed by atoms with Crippen LogP contribution in [0.4, 0.5) is 18.9 Å². The molecule has 108 valence electrons. The first kappa shape index (κ1) is 13.7. The number of carbonyl (C=O) groups is 1. The first-order chi connectivity index (χ1) is 10.0. The van der Waals surface area contributed by atoms with Gasteiger partial charge in [0.15, 0.2) is 17.5 Å². The Morgan fingerprint density at radius 2 is 1.62 bits per heavy atom. The molecular formula is C16H12F3NO. The Morgan fingerprint density at radius 1 is 0.952 bits per heavy atom. The molecule has 0 saturated heterocycles. The fraction of sp³-hybridized carbons (Fsp3) is 0.188. The zero-order valence-electron chi connectivity index (χ0n) is 11.0. The molecule has 0 radical (unpaired) electrons. The van der Waals surface area contributed by atoms with Gasteiger partial charge in [0.2, 0.25) is 5.91 Å². The van der Waals surface area contributed by atoms with Gasteiger partial charge in [-0.05, 0) is 30.5 Å². The van der Waals surface area contributed by atoms with Crippen LogP contribution >= 0.6 is 0 Å². The summed E-state index contributed by atoms with van der Waals surface area (Å²) in [6.45, 7) is 0. The van der Waals surface area contributed by atoms with Gasteiger partial charge in [-0.3, -0.25) is 4.79 Å². The first-order valence-corrected chi connectivity index (χ1v) is 6.55. The number of hydrogen-bond donors (Lipinski definition) is 1. The monoisotopic (exact) mass is 291 g/mol. The average molecular weight is 291 g/mol. The number of halogens is 3. The van der Waals surface area contributed by atoms with Crippen molar-refractivity contribution in [3.05, 3.63) is 65.5 Å². The number of nitrogens with one attached hydrogen (secondary N) is 1. The van der Waals surface area contributed by atoms with Crippen LogP contribution in [-0.2, 0) is 10.2 Å². The lowest BCUT2D eigenvalue weighted by Gasteiger charge is -2.16. The largest absolute Gasteiger partial charge is 0.323 e. The maximum absolute atomic E-state index is 13.6. The van der Waals surface area contributed by atoms with Crippen molar-refractivity contribution in [2.45, 2.75) is 18.3 Å². The summed E-state index contributed by atoms with van der Waals surface area (Å²) in [4.78, 5) is 12.4. The fourth-order valence-electron chi connectivity index (χ4n) is 2.39. The number of amides is 1. The predicted molar refractivity (Wildman–Crippen MR) is 72.3 cm³/mol. The van der Waals surface area contributed by atoms with E-state index in [1.807, 2.05) is 30.3 Å². The van der Waals surface area contributed by atoms with E-state index in [1.165, 1.54) is 0 Å². The van der Waals surface area contributed by atoms with Crippen LogP contribution in [0.3, 0.4) is 0 Å². The number of carbonyl (C=O) groups excluding carboxylic acids is 1. The second-order valence-electron chi connectivity index (χ2n) is 5.13. The molecule has 5 heteroatoms. The van der Waals surface area contributed by atoms with Crippen molar-refractivity contribution in [3.8, 4) is 0 Å². The lowest BCUT2D eigenvalue weighted by Crippen LogP contribution is -2.28. The summed E-state index contributed by atoms with van der Waals surface area (Å²) < 4.78 is 39.7. The summed E-state index contributed by atoms with van der Waals surface area (Å²) in [7, 11) is 0. The third-order valence-corrected chi connectivity index (χ3v) is 3.79. The Labute approximate surface area is 119 Å². The summed E-state index contributed by atoms with van der Waals surface area (Å²) in [5, 5.41) is 2.36. The van der Waals surface area contributed by atoms with E-state index in [1.54, 1.807) is 0 Å². The highest BCUT2D eigenvalue weighted by Gasteiger charge is 2.51. The van der Waals surface area contributed by atoms with Crippen LogP contribution < -0.4 is 5.32 Å². The summed E-state index contributed by atoms with van der Waals surface area (Å²) in [6.07, 6.45) is 1.29. The molecule has 21 heavy (non-hydrogen) atoms. The quantitative estimate of drug-likeness (QED) is 0.857. The van der Waals surface area contributed by atoms with Crippen LogP contribution in [0.5, 0.6) is 0 Å². The highest BCUT2D eigenvalue weighted by atomic mass is 19.2. The molecule has 0 atom stereocenters. The van der Waals surface area contributed by atoms with Gasteiger partial charge in [0.05, 0.1) is 11.1 Å². The zero-order chi connectivity index (χ0) is 15.0. The first-order valence-electron chi connectivity index (χ1n) is 6.55. The maximum Gasteiger partial charge on any atom is 0.235 e. The minimum absolute atomic E-state index is 0.346. The highest BCUT2D eigenvalue weighted by molar-refractivity contribution is 6.01. The van der Waals surface area contributed by atoms with Crippen molar-refractivity contribution in [2.75, 3.05) is 5.32 Å². The third-order valence-electron chi connectivity index (χ3n) is 3.79. The molecule has 0 bridgehead atoms. The molecule has 1 N–H and O–H groups in total. The smallest absolute Gasteiger partial charge is 0.235 e. The minimum atomic E-state index is -1.59.